The second-order valence-corrected chi connectivity index (χ2v) is 6.44. The van der Waals surface area contributed by atoms with Gasteiger partial charge in [0.2, 0.25) is 0 Å². The molecule has 0 aliphatic heterocycles. The van der Waals surface area contributed by atoms with Crippen LogP contribution in [0.1, 0.15) is 110 Å². The SMILES string of the molecule is CCCCCCCCCCCCCCCCCC(=O)OC(=O)O.[CaH2]. The Kier molecular flexibility index (Phi) is 23.4. The molecule has 0 atom stereocenters. The molecule has 0 aromatic carbocycles. The Bertz CT molecular complexity index is 295. The van der Waals surface area contributed by atoms with Crippen LogP contribution in [-0.4, -0.2) is 55.0 Å². The molecule has 0 spiro atoms. The van der Waals surface area contributed by atoms with Gasteiger partial charge in [-0.3, -0.25) is 4.79 Å². The summed E-state index contributed by atoms with van der Waals surface area (Å²) in [5.74, 6) is -0.632. The normalized spacial score (nSPS) is 10.2. The third-order valence-electron chi connectivity index (χ3n) is 4.19. The van der Waals surface area contributed by atoms with Crippen molar-refractivity contribution < 1.29 is 19.4 Å². The summed E-state index contributed by atoms with van der Waals surface area (Å²) >= 11 is 0. The van der Waals surface area contributed by atoms with Crippen molar-refractivity contribution in [1.29, 1.82) is 0 Å². The molecular weight excluding hydrogens is 332 g/mol. The molecule has 1 N–H and O–H groups in total. The summed E-state index contributed by atoms with van der Waals surface area (Å²) in [7, 11) is 0. The van der Waals surface area contributed by atoms with Crippen LogP contribution < -0.4 is 0 Å². The molecule has 0 amide bonds. The van der Waals surface area contributed by atoms with E-state index in [-0.39, 0.29) is 44.2 Å². The molecule has 0 heterocycles. The summed E-state index contributed by atoms with van der Waals surface area (Å²) < 4.78 is 4.05. The van der Waals surface area contributed by atoms with Gasteiger partial charge >= 0.3 is 49.9 Å². The van der Waals surface area contributed by atoms with Crippen LogP contribution in [0.5, 0.6) is 0 Å². The monoisotopic (exact) mass is 370 g/mol. The fraction of sp³-hybridized carbons (Fsp3) is 0.895. The Balaban J connectivity index is 0. The van der Waals surface area contributed by atoms with Crippen molar-refractivity contribution in [2.24, 2.45) is 0 Å². The maximum atomic E-state index is 11.0. The van der Waals surface area contributed by atoms with Crippen molar-refractivity contribution in [2.75, 3.05) is 0 Å². The van der Waals surface area contributed by atoms with Gasteiger partial charge in [-0.15, -0.1) is 0 Å². The van der Waals surface area contributed by atoms with Gasteiger partial charge in [-0.2, -0.15) is 0 Å². The molecule has 0 aromatic rings. The molecule has 24 heavy (non-hydrogen) atoms. The molecule has 0 aliphatic rings. The topological polar surface area (TPSA) is 63.6 Å². The number of ether oxygens (including phenoxy) is 1. The first-order chi connectivity index (χ1) is 11.2. The molecule has 4 nitrogen and oxygen atoms in total. The fourth-order valence-electron chi connectivity index (χ4n) is 2.79. The Morgan fingerprint density at radius 3 is 1.33 bits per heavy atom. The summed E-state index contributed by atoms with van der Waals surface area (Å²) in [4.78, 5) is 21.1. The first-order valence-electron chi connectivity index (χ1n) is 9.60. The van der Waals surface area contributed by atoms with Gasteiger partial charge in [0.15, 0.2) is 0 Å². The number of hydrogen-bond donors (Lipinski definition) is 1. The van der Waals surface area contributed by atoms with Crippen LogP contribution in [-0.2, 0) is 9.53 Å². The molecule has 0 aromatic heterocycles. The van der Waals surface area contributed by atoms with E-state index < -0.39 is 12.1 Å². The number of rotatable bonds is 16. The van der Waals surface area contributed by atoms with Crippen LogP contribution in [0.4, 0.5) is 4.79 Å². The van der Waals surface area contributed by atoms with E-state index in [1.165, 1.54) is 77.0 Å². The maximum absolute atomic E-state index is 11.0. The van der Waals surface area contributed by atoms with Gasteiger partial charge in [-0.05, 0) is 6.42 Å². The number of esters is 1. The van der Waals surface area contributed by atoms with E-state index in [2.05, 4.69) is 11.7 Å². The number of carboxylic acid groups (broad SMARTS) is 1. The minimum atomic E-state index is -1.50. The predicted octanol–water partition coefficient (Wildman–Crippen LogP) is 5.55. The zero-order valence-electron chi connectivity index (χ0n) is 15.0. The summed E-state index contributed by atoms with van der Waals surface area (Å²) in [5.41, 5.74) is 0. The van der Waals surface area contributed by atoms with Crippen LogP contribution in [0.3, 0.4) is 0 Å². The molecule has 0 aliphatic carbocycles. The number of carbonyl (C=O) groups is 2. The molecule has 0 bridgehead atoms. The van der Waals surface area contributed by atoms with Crippen LogP contribution >= 0.6 is 0 Å². The Morgan fingerprint density at radius 2 is 1.00 bits per heavy atom. The first kappa shape index (κ1) is 26.4. The van der Waals surface area contributed by atoms with Gasteiger partial charge in [-0.1, -0.05) is 96.8 Å². The third-order valence-corrected chi connectivity index (χ3v) is 4.19. The number of hydrogen-bond acceptors (Lipinski definition) is 3. The predicted molar refractivity (Wildman–Crippen MR) is 102 cm³/mol. The van der Waals surface area contributed by atoms with E-state index in [0.717, 1.165) is 19.3 Å². The molecule has 0 rings (SSSR count). The Hall–Kier alpha value is 0.200. The quantitative estimate of drug-likeness (QED) is 0.167. The molecule has 0 saturated carbocycles. The van der Waals surface area contributed by atoms with Crippen LogP contribution in [0, 0.1) is 0 Å². The molecule has 5 heteroatoms. The zero-order valence-corrected chi connectivity index (χ0v) is 15.0. The van der Waals surface area contributed by atoms with Gasteiger partial charge in [0.1, 0.15) is 0 Å². The minimum absolute atomic E-state index is 0. The van der Waals surface area contributed by atoms with Crippen molar-refractivity contribution in [3.63, 3.8) is 0 Å². The zero-order chi connectivity index (χ0) is 17.2. The van der Waals surface area contributed by atoms with Gasteiger partial charge in [-0.25, -0.2) is 4.79 Å². The van der Waals surface area contributed by atoms with Crippen LogP contribution in [0.25, 0.3) is 0 Å². The van der Waals surface area contributed by atoms with E-state index in [1.807, 2.05) is 0 Å². The van der Waals surface area contributed by atoms with Crippen molar-refractivity contribution in [3.05, 3.63) is 0 Å². The molecular formula is C19H38CaO4. The summed E-state index contributed by atoms with van der Waals surface area (Å²) in [5, 5.41) is 8.27. The fourth-order valence-corrected chi connectivity index (χ4v) is 2.79. The van der Waals surface area contributed by atoms with Crippen LogP contribution in [0.2, 0.25) is 0 Å². The van der Waals surface area contributed by atoms with Gasteiger partial charge in [0, 0.05) is 6.42 Å². The molecule has 0 radical (unpaired) electrons. The summed E-state index contributed by atoms with van der Waals surface area (Å²) in [6, 6.07) is 0. The van der Waals surface area contributed by atoms with Crippen LogP contribution in [0.15, 0.2) is 0 Å². The van der Waals surface area contributed by atoms with Crippen molar-refractivity contribution in [2.45, 2.75) is 110 Å². The van der Waals surface area contributed by atoms with E-state index in [0.29, 0.717) is 0 Å². The van der Waals surface area contributed by atoms with E-state index in [9.17, 15) is 9.59 Å². The van der Waals surface area contributed by atoms with Crippen molar-refractivity contribution in [1.82, 2.24) is 0 Å². The second-order valence-electron chi connectivity index (χ2n) is 6.44. The van der Waals surface area contributed by atoms with Gasteiger partial charge < -0.3 is 9.84 Å². The summed E-state index contributed by atoms with van der Waals surface area (Å²) in [6.45, 7) is 2.26. The average molecular weight is 371 g/mol. The van der Waals surface area contributed by atoms with Crippen molar-refractivity contribution in [3.8, 4) is 0 Å². The standard InChI is InChI=1S/C19H36O4.Ca.2H/c1-2-3-4-5-6-7-8-9-10-11-12-13-14-15-16-17-18(20)23-19(21)22;;;/h2-17H2,1H3,(H,21,22);;;. The molecule has 0 saturated heterocycles. The Labute approximate surface area is 178 Å². The van der Waals surface area contributed by atoms with E-state index in [4.69, 9.17) is 5.11 Å². The number of unbranched alkanes of at least 4 members (excludes halogenated alkanes) is 14. The van der Waals surface area contributed by atoms with Gasteiger partial charge in [0.25, 0.3) is 0 Å². The van der Waals surface area contributed by atoms with E-state index in [1.54, 1.807) is 0 Å². The Morgan fingerprint density at radius 1 is 0.667 bits per heavy atom. The molecule has 140 valence electrons. The third kappa shape index (κ3) is 22.2. The summed E-state index contributed by atoms with van der Waals surface area (Å²) in [6.07, 6.45) is 17.8. The van der Waals surface area contributed by atoms with Crippen molar-refractivity contribution >= 4 is 49.9 Å². The average Bonchev–Trinajstić information content (AvgIpc) is 2.50. The molecule has 0 fully saturated rings. The van der Waals surface area contributed by atoms with Gasteiger partial charge in [0.05, 0.1) is 0 Å². The first-order valence-corrected chi connectivity index (χ1v) is 9.60. The molecule has 0 unspecified atom stereocenters. The number of carbonyl (C=O) groups excluding carboxylic acids is 1. The second kappa shape index (κ2) is 21.2. The van der Waals surface area contributed by atoms with E-state index >= 15 is 0 Å².